The molecule has 2 aromatic carbocycles. The lowest BCUT2D eigenvalue weighted by molar-refractivity contribution is 0.0785. The number of hydrogen-bond acceptors (Lipinski definition) is 6. The lowest BCUT2D eigenvalue weighted by Crippen LogP contribution is -2.22. The molecule has 1 atom stereocenters. The van der Waals surface area contributed by atoms with Crippen molar-refractivity contribution in [2.45, 2.75) is 19.4 Å². The van der Waals surface area contributed by atoms with Crippen molar-refractivity contribution in [2.75, 3.05) is 33.1 Å². The normalized spacial score (nSPS) is 11.6. The van der Waals surface area contributed by atoms with E-state index in [4.69, 9.17) is 14.2 Å². The number of hydrogen-bond donors (Lipinski definition) is 1. The molecule has 0 fully saturated rings. The molecule has 9 nitrogen and oxygen atoms in total. The van der Waals surface area contributed by atoms with Crippen LogP contribution in [0.5, 0.6) is 17.2 Å². The molecule has 10 heteroatoms. The highest BCUT2D eigenvalue weighted by atomic mass is 19.1. The predicted molar refractivity (Wildman–Crippen MR) is 129 cm³/mol. The minimum absolute atomic E-state index is 0.0996. The number of carbonyl (C=O) groups is 2. The number of aromatic nitrogens is 2. The number of halogens is 1. The number of nitrogens with zero attached hydrogens (tertiary/aromatic N) is 3. The molecule has 1 heterocycles. The lowest BCUT2D eigenvalue weighted by atomic mass is 10.1. The molecule has 35 heavy (non-hydrogen) atoms. The van der Waals surface area contributed by atoms with Gasteiger partial charge in [0, 0.05) is 57.7 Å². The molecule has 186 valence electrons. The van der Waals surface area contributed by atoms with Crippen LogP contribution >= 0.6 is 0 Å². The van der Waals surface area contributed by atoms with Gasteiger partial charge in [-0.1, -0.05) is 6.92 Å². The Labute approximate surface area is 203 Å². The van der Waals surface area contributed by atoms with E-state index < -0.39 is 11.7 Å². The van der Waals surface area contributed by atoms with Crippen molar-refractivity contribution >= 4 is 17.6 Å². The third kappa shape index (κ3) is 6.80. The SMILES string of the molecule is CC[C@@H](COC)Oc1cc(Oc2ccc(C(=O)N(C)C)cc2F)cc(C(=O)Nc2ccn(C)n2)c1. The second kappa shape index (κ2) is 11.5. The van der Waals surface area contributed by atoms with Crippen molar-refractivity contribution in [2.24, 2.45) is 7.05 Å². The van der Waals surface area contributed by atoms with E-state index in [2.05, 4.69) is 10.4 Å². The van der Waals surface area contributed by atoms with Gasteiger partial charge in [-0.25, -0.2) is 4.39 Å². The molecule has 1 aromatic heterocycles. The maximum atomic E-state index is 14.7. The Morgan fingerprint density at radius 2 is 1.86 bits per heavy atom. The molecule has 0 saturated heterocycles. The first-order valence-electron chi connectivity index (χ1n) is 11.0. The molecule has 2 amide bonds. The molecule has 0 aliphatic rings. The van der Waals surface area contributed by atoms with Crippen LogP contribution in [0.2, 0.25) is 0 Å². The third-order valence-electron chi connectivity index (χ3n) is 5.02. The largest absolute Gasteiger partial charge is 0.488 e. The van der Waals surface area contributed by atoms with Gasteiger partial charge in [0.15, 0.2) is 17.4 Å². The Hall–Kier alpha value is -3.92. The van der Waals surface area contributed by atoms with E-state index in [-0.39, 0.29) is 34.6 Å². The first-order valence-corrected chi connectivity index (χ1v) is 11.0. The van der Waals surface area contributed by atoms with Crippen LogP contribution in [0.3, 0.4) is 0 Å². The van der Waals surface area contributed by atoms with Gasteiger partial charge in [-0.05, 0) is 36.8 Å². The summed E-state index contributed by atoms with van der Waals surface area (Å²) in [5.74, 6) is -0.658. The number of benzene rings is 2. The van der Waals surface area contributed by atoms with Crippen molar-refractivity contribution < 1.29 is 28.2 Å². The molecular weight excluding hydrogens is 455 g/mol. The number of anilines is 1. The molecule has 3 rings (SSSR count). The summed E-state index contributed by atoms with van der Waals surface area (Å²) in [6, 6.07) is 10.2. The second-order valence-electron chi connectivity index (χ2n) is 8.07. The number of nitrogens with one attached hydrogen (secondary N) is 1. The monoisotopic (exact) mass is 484 g/mol. The summed E-state index contributed by atoms with van der Waals surface area (Å²) >= 11 is 0. The Morgan fingerprint density at radius 1 is 1.11 bits per heavy atom. The molecule has 3 aromatic rings. The lowest BCUT2D eigenvalue weighted by Gasteiger charge is -2.18. The Morgan fingerprint density at radius 3 is 2.46 bits per heavy atom. The number of carbonyl (C=O) groups excluding carboxylic acids is 2. The summed E-state index contributed by atoms with van der Waals surface area (Å²) in [6.07, 6.45) is 2.12. The van der Waals surface area contributed by atoms with E-state index in [0.717, 1.165) is 6.07 Å². The highest BCUT2D eigenvalue weighted by Crippen LogP contribution is 2.31. The zero-order valence-electron chi connectivity index (χ0n) is 20.4. The van der Waals surface area contributed by atoms with Crippen LogP contribution in [0, 0.1) is 5.82 Å². The van der Waals surface area contributed by atoms with Crippen LogP contribution in [0.1, 0.15) is 34.1 Å². The first kappa shape index (κ1) is 25.7. The van der Waals surface area contributed by atoms with Crippen molar-refractivity contribution in [3.63, 3.8) is 0 Å². The Kier molecular flexibility index (Phi) is 8.43. The minimum atomic E-state index is -0.714. The minimum Gasteiger partial charge on any atom is -0.488 e. The van der Waals surface area contributed by atoms with E-state index in [1.54, 1.807) is 57.3 Å². The maximum absolute atomic E-state index is 14.7. The quantitative estimate of drug-likeness (QED) is 0.465. The van der Waals surface area contributed by atoms with Crippen molar-refractivity contribution in [3.05, 3.63) is 65.6 Å². The fourth-order valence-electron chi connectivity index (χ4n) is 3.22. The summed E-state index contributed by atoms with van der Waals surface area (Å²) in [6.45, 7) is 2.30. The van der Waals surface area contributed by atoms with E-state index in [0.29, 0.717) is 24.6 Å². The molecule has 0 saturated carbocycles. The van der Waals surface area contributed by atoms with Crippen LogP contribution in [0.4, 0.5) is 10.2 Å². The maximum Gasteiger partial charge on any atom is 0.257 e. The fraction of sp³-hybridized carbons (Fsp3) is 0.320. The van der Waals surface area contributed by atoms with Gasteiger partial charge in [-0.15, -0.1) is 0 Å². The average Bonchev–Trinajstić information content (AvgIpc) is 3.23. The van der Waals surface area contributed by atoms with Crippen LogP contribution in [0.15, 0.2) is 48.7 Å². The number of amides is 2. The molecule has 0 aliphatic heterocycles. The average molecular weight is 485 g/mol. The molecule has 1 N–H and O–H groups in total. The van der Waals surface area contributed by atoms with Crippen LogP contribution in [-0.2, 0) is 11.8 Å². The Balaban J connectivity index is 1.91. The first-order chi connectivity index (χ1) is 16.7. The van der Waals surface area contributed by atoms with Gasteiger partial charge in [0.1, 0.15) is 17.6 Å². The van der Waals surface area contributed by atoms with Gasteiger partial charge in [0.05, 0.1) is 6.61 Å². The van der Waals surface area contributed by atoms with Gasteiger partial charge in [-0.2, -0.15) is 5.10 Å². The van der Waals surface area contributed by atoms with Crippen molar-refractivity contribution in [1.29, 1.82) is 0 Å². The molecule has 0 spiro atoms. The number of methoxy groups -OCH3 is 1. The third-order valence-corrected chi connectivity index (χ3v) is 5.02. The molecule has 0 radical (unpaired) electrons. The van der Waals surface area contributed by atoms with E-state index in [1.165, 1.54) is 23.1 Å². The van der Waals surface area contributed by atoms with Crippen LogP contribution < -0.4 is 14.8 Å². The highest BCUT2D eigenvalue weighted by molar-refractivity contribution is 6.04. The van der Waals surface area contributed by atoms with Gasteiger partial charge in [0.2, 0.25) is 0 Å². The standard InChI is InChI=1S/C25H29FN4O5/c1-6-18(15-33-5)34-19-11-17(24(31)27-23-9-10-30(4)28-23)12-20(14-19)35-22-8-7-16(13-21(22)26)25(32)29(2)3/h7-14,18H,6,15H2,1-5H3,(H,27,28,31)/t18-/m0/s1. The van der Waals surface area contributed by atoms with Gasteiger partial charge >= 0.3 is 0 Å². The van der Waals surface area contributed by atoms with Gasteiger partial charge in [-0.3, -0.25) is 14.3 Å². The number of ether oxygens (including phenoxy) is 3. The van der Waals surface area contributed by atoms with E-state index >= 15 is 0 Å². The molecule has 0 aliphatic carbocycles. The van der Waals surface area contributed by atoms with E-state index in [9.17, 15) is 14.0 Å². The van der Waals surface area contributed by atoms with Crippen molar-refractivity contribution in [3.8, 4) is 17.2 Å². The molecule has 0 unspecified atom stereocenters. The van der Waals surface area contributed by atoms with E-state index in [1.807, 2.05) is 6.92 Å². The molecule has 0 bridgehead atoms. The summed E-state index contributed by atoms with van der Waals surface area (Å²) in [5, 5.41) is 6.86. The van der Waals surface area contributed by atoms with Crippen LogP contribution in [0.25, 0.3) is 0 Å². The van der Waals surface area contributed by atoms with Gasteiger partial charge < -0.3 is 24.4 Å². The van der Waals surface area contributed by atoms with Crippen molar-refractivity contribution in [1.82, 2.24) is 14.7 Å². The molecular formula is C25H29FN4O5. The summed E-state index contributed by atoms with van der Waals surface area (Å²) in [7, 11) is 6.48. The summed E-state index contributed by atoms with van der Waals surface area (Å²) in [5.41, 5.74) is 0.424. The van der Waals surface area contributed by atoms with Crippen LogP contribution in [-0.4, -0.2) is 60.4 Å². The number of aryl methyl sites for hydroxylation is 1. The summed E-state index contributed by atoms with van der Waals surface area (Å²) in [4.78, 5) is 26.4. The predicted octanol–water partition coefficient (Wildman–Crippen LogP) is 4.11. The highest BCUT2D eigenvalue weighted by Gasteiger charge is 2.17. The smallest absolute Gasteiger partial charge is 0.257 e. The second-order valence-corrected chi connectivity index (χ2v) is 8.07. The Bertz CT molecular complexity index is 1190. The zero-order valence-corrected chi connectivity index (χ0v) is 20.4. The zero-order chi connectivity index (χ0) is 25.5. The van der Waals surface area contributed by atoms with Gasteiger partial charge in [0.25, 0.3) is 11.8 Å². The number of rotatable bonds is 10. The topological polar surface area (TPSA) is 94.9 Å². The fourth-order valence-corrected chi connectivity index (χ4v) is 3.22. The summed E-state index contributed by atoms with van der Waals surface area (Å²) < 4.78 is 33.2.